The van der Waals surface area contributed by atoms with E-state index in [4.69, 9.17) is 9.47 Å². The normalized spacial score (nSPS) is 13.8. The Balaban J connectivity index is 1.87. The summed E-state index contributed by atoms with van der Waals surface area (Å²) in [7, 11) is 6.72. The Morgan fingerprint density at radius 3 is 2.34 bits per heavy atom. The van der Waals surface area contributed by atoms with Gasteiger partial charge in [0.05, 0.1) is 25.5 Å². The van der Waals surface area contributed by atoms with Gasteiger partial charge >= 0.3 is 0 Å². The minimum absolute atomic E-state index is 0.0417. The number of methoxy groups -OCH3 is 2. The standard InChI is InChI=1S/C24H30N4O4/c1-6-18(23-17-13-20(31-4)21(32-5)14-19(17)27-24(23)30)26-15-7-9-16(10-8-15)28(3)22(29)11-12-25-2/h7-10,13-14,25-26H,6,11-12H2,1-5H3,(H,27,30)/b23-18-. The SMILES string of the molecule is CC/C(Nc1ccc(N(C)C(=O)CCNC)cc1)=C1/C(=O)Nc2cc(OC)c(OC)cc21. The molecule has 0 aromatic heterocycles. The first kappa shape index (κ1) is 23.1. The molecule has 8 heteroatoms. The molecule has 32 heavy (non-hydrogen) atoms. The number of nitrogens with zero attached hydrogens (tertiary/aromatic N) is 1. The van der Waals surface area contributed by atoms with Gasteiger partial charge in [-0.1, -0.05) is 6.92 Å². The Bertz CT molecular complexity index is 1030. The first-order chi connectivity index (χ1) is 15.4. The van der Waals surface area contributed by atoms with Gasteiger partial charge in [0, 0.05) is 48.7 Å². The number of nitrogens with one attached hydrogen (secondary N) is 3. The molecule has 0 unspecified atom stereocenters. The van der Waals surface area contributed by atoms with Gasteiger partial charge < -0.3 is 30.3 Å². The third-order valence-corrected chi connectivity index (χ3v) is 5.44. The van der Waals surface area contributed by atoms with Crippen LogP contribution in [0, 0.1) is 0 Å². The number of carbonyl (C=O) groups excluding carboxylic acids is 2. The molecule has 0 bridgehead atoms. The van der Waals surface area contributed by atoms with Crippen molar-refractivity contribution >= 4 is 34.4 Å². The molecule has 0 saturated heterocycles. The van der Waals surface area contributed by atoms with E-state index in [1.807, 2.05) is 44.3 Å². The lowest BCUT2D eigenvalue weighted by Gasteiger charge is -2.18. The van der Waals surface area contributed by atoms with Gasteiger partial charge in [-0.2, -0.15) is 0 Å². The van der Waals surface area contributed by atoms with Crippen LogP contribution in [0.5, 0.6) is 11.5 Å². The fraction of sp³-hybridized carbons (Fsp3) is 0.333. The van der Waals surface area contributed by atoms with Crippen LogP contribution in [0.3, 0.4) is 0 Å². The summed E-state index contributed by atoms with van der Waals surface area (Å²) < 4.78 is 10.8. The van der Waals surface area contributed by atoms with Crippen LogP contribution in [-0.4, -0.2) is 46.7 Å². The molecular weight excluding hydrogens is 408 g/mol. The molecule has 170 valence electrons. The Morgan fingerprint density at radius 1 is 1.09 bits per heavy atom. The average Bonchev–Trinajstić information content (AvgIpc) is 3.14. The van der Waals surface area contributed by atoms with Crippen LogP contribution >= 0.6 is 0 Å². The molecule has 1 aliphatic heterocycles. The largest absolute Gasteiger partial charge is 0.493 e. The highest BCUT2D eigenvalue weighted by atomic mass is 16.5. The third-order valence-electron chi connectivity index (χ3n) is 5.44. The lowest BCUT2D eigenvalue weighted by atomic mass is 10.0. The van der Waals surface area contributed by atoms with E-state index in [9.17, 15) is 9.59 Å². The van der Waals surface area contributed by atoms with Crippen molar-refractivity contribution in [3.63, 3.8) is 0 Å². The Kier molecular flexibility index (Phi) is 7.37. The first-order valence-electron chi connectivity index (χ1n) is 10.5. The molecule has 1 aliphatic rings. The molecule has 0 atom stereocenters. The number of allylic oxidation sites excluding steroid dienone is 1. The number of rotatable bonds is 9. The maximum Gasteiger partial charge on any atom is 0.258 e. The first-order valence-corrected chi connectivity index (χ1v) is 10.5. The fourth-order valence-electron chi connectivity index (χ4n) is 3.61. The van der Waals surface area contributed by atoms with Crippen molar-refractivity contribution in [3.8, 4) is 11.5 Å². The molecule has 0 saturated carbocycles. The van der Waals surface area contributed by atoms with Crippen LogP contribution in [0.15, 0.2) is 42.1 Å². The summed E-state index contributed by atoms with van der Waals surface area (Å²) in [5.41, 5.74) is 4.46. The van der Waals surface area contributed by atoms with Crippen molar-refractivity contribution in [2.24, 2.45) is 0 Å². The van der Waals surface area contributed by atoms with Gasteiger partial charge in [0.1, 0.15) is 0 Å². The summed E-state index contributed by atoms with van der Waals surface area (Å²) in [6.45, 7) is 2.63. The molecule has 2 amide bonds. The number of ether oxygens (including phenoxy) is 2. The summed E-state index contributed by atoms with van der Waals surface area (Å²) >= 11 is 0. The van der Waals surface area contributed by atoms with Gasteiger partial charge in [-0.05, 0) is 43.8 Å². The van der Waals surface area contributed by atoms with Crippen LogP contribution in [-0.2, 0) is 9.59 Å². The number of fused-ring (bicyclic) bond motifs is 1. The molecule has 0 fully saturated rings. The van der Waals surface area contributed by atoms with Crippen molar-refractivity contribution in [3.05, 3.63) is 47.7 Å². The Morgan fingerprint density at radius 2 is 1.75 bits per heavy atom. The van der Waals surface area contributed by atoms with E-state index in [0.29, 0.717) is 42.1 Å². The highest BCUT2D eigenvalue weighted by molar-refractivity contribution is 6.32. The van der Waals surface area contributed by atoms with Crippen molar-refractivity contribution < 1.29 is 19.1 Å². The van der Waals surface area contributed by atoms with E-state index < -0.39 is 0 Å². The molecule has 2 aromatic carbocycles. The predicted octanol–water partition coefficient (Wildman–Crippen LogP) is 3.46. The second kappa shape index (κ2) is 10.2. The molecule has 8 nitrogen and oxygen atoms in total. The Hall–Kier alpha value is -3.52. The monoisotopic (exact) mass is 438 g/mol. The van der Waals surface area contributed by atoms with Crippen molar-refractivity contribution in [1.82, 2.24) is 5.32 Å². The van der Waals surface area contributed by atoms with Crippen LogP contribution < -0.4 is 30.3 Å². The third kappa shape index (κ3) is 4.70. The van der Waals surface area contributed by atoms with Crippen molar-refractivity contribution in [2.45, 2.75) is 19.8 Å². The van der Waals surface area contributed by atoms with E-state index in [0.717, 1.165) is 22.6 Å². The van der Waals surface area contributed by atoms with E-state index >= 15 is 0 Å². The summed E-state index contributed by atoms with van der Waals surface area (Å²) in [5, 5.41) is 9.26. The molecule has 1 heterocycles. The van der Waals surface area contributed by atoms with Crippen LogP contribution in [0.1, 0.15) is 25.3 Å². The molecule has 0 aliphatic carbocycles. The van der Waals surface area contributed by atoms with Gasteiger partial charge in [-0.25, -0.2) is 0 Å². The second-order valence-corrected chi connectivity index (χ2v) is 7.39. The zero-order valence-electron chi connectivity index (χ0n) is 19.2. The van der Waals surface area contributed by atoms with Gasteiger partial charge in [-0.15, -0.1) is 0 Å². The number of hydrogen-bond acceptors (Lipinski definition) is 6. The van der Waals surface area contributed by atoms with Gasteiger partial charge in [0.25, 0.3) is 5.91 Å². The number of amides is 2. The van der Waals surface area contributed by atoms with E-state index in [1.54, 1.807) is 32.2 Å². The minimum atomic E-state index is -0.175. The predicted molar refractivity (Wildman–Crippen MR) is 127 cm³/mol. The summed E-state index contributed by atoms with van der Waals surface area (Å²) in [5.74, 6) is 0.986. The van der Waals surface area contributed by atoms with Crippen molar-refractivity contribution in [2.75, 3.05) is 50.4 Å². The lowest BCUT2D eigenvalue weighted by Crippen LogP contribution is -2.28. The lowest BCUT2D eigenvalue weighted by molar-refractivity contribution is -0.118. The van der Waals surface area contributed by atoms with E-state index in [2.05, 4.69) is 16.0 Å². The fourth-order valence-corrected chi connectivity index (χ4v) is 3.61. The molecule has 3 rings (SSSR count). The number of carbonyl (C=O) groups is 2. The van der Waals surface area contributed by atoms with Crippen LogP contribution in [0.25, 0.3) is 5.57 Å². The van der Waals surface area contributed by atoms with Crippen LogP contribution in [0.4, 0.5) is 17.1 Å². The highest BCUT2D eigenvalue weighted by Crippen LogP contribution is 2.42. The molecule has 3 N–H and O–H groups in total. The summed E-state index contributed by atoms with van der Waals surface area (Å²) in [6.07, 6.45) is 1.06. The maximum atomic E-state index is 12.8. The number of anilines is 3. The molecule has 0 spiro atoms. The molecule has 2 aromatic rings. The van der Waals surface area contributed by atoms with Crippen LogP contribution in [0.2, 0.25) is 0 Å². The number of benzene rings is 2. The average molecular weight is 439 g/mol. The topological polar surface area (TPSA) is 91.9 Å². The van der Waals surface area contributed by atoms with Gasteiger partial charge in [0.15, 0.2) is 11.5 Å². The van der Waals surface area contributed by atoms with Crippen molar-refractivity contribution in [1.29, 1.82) is 0 Å². The highest BCUT2D eigenvalue weighted by Gasteiger charge is 2.29. The van der Waals surface area contributed by atoms with Gasteiger partial charge in [-0.3, -0.25) is 9.59 Å². The molecule has 0 radical (unpaired) electrons. The van der Waals surface area contributed by atoms with E-state index in [-0.39, 0.29) is 11.8 Å². The smallest absolute Gasteiger partial charge is 0.258 e. The quantitative estimate of drug-likeness (QED) is 0.520. The number of hydrogen-bond donors (Lipinski definition) is 3. The maximum absolute atomic E-state index is 12.8. The Labute approximate surface area is 188 Å². The van der Waals surface area contributed by atoms with E-state index in [1.165, 1.54) is 0 Å². The molecular formula is C24H30N4O4. The summed E-state index contributed by atoms with van der Waals surface area (Å²) in [4.78, 5) is 26.7. The zero-order chi connectivity index (χ0) is 23.3. The second-order valence-electron chi connectivity index (χ2n) is 7.39. The zero-order valence-corrected chi connectivity index (χ0v) is 19.2. The minimum Gasteiger partial charge on any atom is -0.493 e. The van der Waals surface area contributed by atoms with Gasteiger partial charge in [0.2, 0.25) is 5.91 Å². The summed E-state index contributed by atoms with van der Waals surface area (Å²) in [6, 6.07) is 11.1.